The van der Waals surface area contributed by atoms with E-state index in [0.29, 0.717) is 0 Å². The van der Waals surface area contributed by atoms with Gasteiger partial charge in [-0.25, -0.2) is 13.4 Å². The maximum atomic E-state index is 12.3. The summed E-state index contributed by atoms with van der Waals surface area (Å²) in [6.45, 7) is 0. The molecule has 0 saturated carbocycles. The maximum Gasteiger partial charge on any atom is 0.233 e. The molecule has 0 atom stereocenters. The van der Waals surface area contributed by atoms with Crippen LogP contribution in [-0.2, 0) is 9.84 Å². The van der Waals surface area contributed by atoms with E-state index in [2.05, 4.69) is 4.98 Å². The number of nitrogens with zero attached hydrogens (tertiary/aromatic N) is 2. The molecule has 0 bridgehead atoms. The molecule has 2 rings (SSSR count). The van der Waals surface area contributed by atoms with Crippen LogP contribution in [-0.4, -0.2) is 19.7 Å². The number of hydrogen-bond donors (Lipinski definition) is 0. The van der Waals surface area contributed by atoms with Crippen molar-refractivity contribution in [2.24, 2.45) is 0 Å². The SMILES string of the molecule is CSc1ccc(/C=C(/C#N)S(=O)(=O)c2ccccn2)s1. The molecule has 2 aromatic heterocycles. The minimum absolute atomic E-state index is 0.116. The monoisotopic (exact) mass is 322 g/mol. The van der Waals surface area contributed by atoms with Gasteiger partial charge in [-0.3, -0.25) is 0 Å². The number of nitriles is 1. The molecule has 4 nitrogen and oxygen atoms in total. The first-order chi connectivity index (χ1) is 9.57. The zero-order valence-electron chi connectivity index (χ0n) is 10.5. The summed E-state index contributed by atoms with van der Waals surface area (Å²) in [6.07, 6.45) is 4.71. The molecule has 0 aromatic carbocycles. The average molecular weight is 322 g/mol. The molecule has 0 amide bonds. The molecule has 0 aliphatic rings. The summed E-state index contributed by atoms with van der Waals surface area (Å²) in [5, 5.41) is 9.01. The van der Waals surface area contributed by atoms with Gasteiger partial charge in [0, 0.05) is 11.1 Å². The molecule has 0 aliphatic heterocycles. The van der Waals surface area contributed by atoms with Crippen molar-refractivity contribution in [3.8, 4) is 6.07 Å². The smallest absolute Gasteiger partial charge is 0.233 e. The fourth-order valence-electron chi connectivity index (χ4n) is 1.44. The van der Waals surface area contributed by atoms with Crippen molar-refractivity contribution in [1.29, 1.82) is 5.26 Å². The normalized spacial score (nSPS) is 12.1. The van der Waals surface area contributed by atoms with Crippen molar-refractivity contribution in [2.45, 2.75) is 9.24 Å². The van der Waals surface area contributed by atoms with Gasteiger partial charge in [0.25, 0.3) is 0 Å². The quantitative estimate of drug-likeness (QED) is 0.638. The van der Waals surface area contributed by atoms with Gasteiger partial charge < -0.3 is 0 Å². The first kappa shape index (κ1) is 14.8. The molecule has 7 heteroatoms. The van der Waals surface area contributed by atoms with Gasteiger partial charge in [-0.15, -0.1) is 23.1 Å². The van der Waals surface area contributed by atoms with Crippen LogP contribution in [0, 0.1) is 11.3 Å². The van der Waals surface area contributed by atoms with Crippen LogP contribution in [0.2, 0.25) is 0 Å². The third-order valence-electron chi connectivity index (χ3n) is 2.39. The summed E-state index contributed by atoms with van der Waals surface area (Å²) in [6, 6.07) is 10.0. The van der Waals surface area contributed by atoms with Gasteiger partial charge in [0.15, 0.2) is 9.93 Å². The highest BCUT2D eigenvalue weighted by Crippen LogP contribution is 2.28. The van der Waals surface area contributed by atoms with Crippen LogP contribution in [0.5, 0.6) is 0 Å². The molecule has 2 aromatic rings. The molecule has 2 heterocycles. The summed E-state index contributed by atoms with van der Waals surface area (Å²) < 4.78 is 25.6. The highest BCUT2D eigenvalue weighted by atomic mass is 32.2. The molecular weight excluding hydrogens is 312 g/mol. The van der Waals surface area contributed by atoms with Crippen molar-refractivity contribution in [3.63, 3.8) is 0 Å². The first-order valence-corrected chi connectivity index (χ1v) is 9.02. The Morgan fingerprint density at radius 2 is 2.20 bits per heavy atom. The third kappa shape index (κ3) is 3.10. The van der Waals surface area contributed by atoms with E-state index in [-0.39, 0.29) is 9.93 Å². The van der Waals surface area contributed by atoms with Crippen LogP contribution >= 0.6 is 23.1 Å². The highest BCUT2D eigenvalue weighted by Gasteiger charge is 2.22. The van der Waals surface area contributed by atoms with E-state index in [4.69, 9.17) is 5.26 Å². The van der Waals surface area contributed by atoms with Crippen LogP contribution in [0.15, 0.2) is 50.7 Å². The third-order valence-corrected chi connectivity index (χ3v) is 6.09. The second kappa shape index (κ2) is 6.22. The Labute approximate surface area is 125 Å². The van der Waals surface area contributed by atoms with Crippen LogP contribution in [0.1, 0.15) is 4.88 Å². The predicted octanol–water partition coefficient (Wildman–Crippen LogP) is 3.20. The molecule has 0 spiro atoms. The van der Waals surface area contributed by atoms with Gasteiger partial charge >= 0.3 is 0 Å². The molecule has 0 radical (unpaired) electrons. The summed E-state index contributed by atoms with van der Waals surface area (Å²) in [5.41, 5.74) is 0. The van der Waals surface area contributed by atoms with E-state index in [0.717, 1.165) is 9.09 Å². The first-order valence-electron chi connectivity index (χ1n) is 5.49. The molecule has 20 heavy (non-hydrogen) atoms. The Balaban J connectivity index is 2.45. The second-order valence-corrected chi connectivity index (χ2v) is 7.74. The number of pyridine rings is 1. The largest absolute Gasteiger partial charge is 0.244 e. The topological polar surface area (TPSA) is 70.8 Å². The maximum absolute atomic E-state index is 12.3. The molecule has 0 saturated heterocycles. The van der Waals surface area contributed by atoms with Crippen molar-refractivity contribution in [2.75, 3.05) is 6.26 Å². The molecule has 0 aliphatic carbocycles. The van der Waals surface area contributed by atoms with Crippen LogP contribution in [0.4, 0.5) is 0 Å². The van der Waals surface area contributed by atoms with E-state index in [1.165, 1.54) is 29.7 Å². The second-order valence-electron chi connectivity index (χ2n) is 3.65. The van der Waals surface area contributed by atoms with E-state index in [1.54, 1.807) is 36.0 Å². The number of sulfone groups is 1. The summed E-state index contributed by atoms with van der Waals surface area (Å²) in [4.78, 5) is 4.23. The van der Waals surface area contributed by atoms with Gasteiger partial charge in [-0.2, -0.15) is 5.26 Å². The number of hydrogen-bond acceptors (Lipinski definition) is 6. The molecule has 0 unspecified atom stereocenters. The lowest BCUT2D eigenvalue weighted by atomic mass is 10.4. The minimum Gasteiger partial charge on any atom is -0.244 e. The summed E-state index contributed by atoms with van der Waals surface area (Å²) >= 11 is 3.01. The molecule has 0 N–H and O–H groups in total. The number of aromatic nitrogens is 1. The fourth-order valence-corrected chi connectivity index (χ4v) is 4.11. The van der Waals surface area contributed by atoms with E-state index < -0.39 is 9.84 Å². The molecule has 102 valence electrons. The summed E-state index contributed by atoms with van der Waals surface area (Å²) in [5.74, 6) is 0. The van der Waals surface area contributed by atoms with E-state index in [9.17, 15) is 8.42 Å². The zero-order valence-corrected chi connectivity index (χ0v) is 12.9. The molecule has 0 fully saturated rings. The highest BCUT2D eigenvalue weighted by molar-refractivity contribution is 8.00. The lowest BCUT2D eigenvalue weighted by Crippen LogP contribution is -2.05. The van der Waals surface area contributed by atoms with E-state index >= 15 is 0 Å². The standard InChI is InChI=1S/C13H10N2O2S3/c1-18-13-6-5-10(19-13)8-11(9-14)20(16,17)12-4-2-3-7-15-12/h2-8H,1H3/b11-8-. The number of thiophene rings is 1. The van der Waals surface area contributed by atoms with Crippen molar-refractivity contribution < 1.29 is 8.42 Å². The van der Waals surface area contributed by atoms with Crippen molar-refractivity contribution in [3.05, 3.63) is 46.3 Å². The number of rotatable bonds is 4. The minimum atomic E-state index is -3.86. The van der Waals surface area contributed by atoms with Crippen LogP contribution < -0.4 is 0 Å². The number of thioether (sulfide) groups is 1. The van der Waals surface area contributed by atoms with Gasteiger partial charge in [0.1, 0.15) is 6.07 Å². The zero-order chi connectivity index (χ0) is 14.6. The Bertz CT molecular complexity index is 771. The Morgan fingerprint density at radius 1 is 1.40 bits per heavy atom. The Kier molecular flexibility index (Phi) is 4.60. The van der Waals surface area contributed by atoms with Gasteiger partial charge in [-0.05, 0) is 36.6 Å². The fraction of sp³-hybridized carbons (Fsp3) is 0.0769. The average Bonchev–Trinajstić information content (AvgIpc) is 2.93. The number of allylic oxidation sites excluding steroid dienone is 1. The van der Waals surface area contributed by atoms with Gasteiger partial charge in [0.2, 0.25) is 9.84 Å². The van der Waals surface area contributed by atoms with Crippen LogP contribution in [0.25, 0.3) is 6.08 Å². The van der Waals surface area contributed by atoms with Gasteiger partial charge in [0.05, 0.1) is 4.21 Å². The van der Waals surface area contributed by atoms with E-state index in [1.807, 2.05) is 12.3 Å². The van der Waals surface area contributed by atoms with Crippen molar-refractivity contribution >= 4 is 39.0 Å². The molecular formula is C13H10N2O2S3. The van der Waals surface area contributed by atoms with Crippen molar-refractivity contribution in [1.82, 2.24) is 4.98 Å². The Hall–Kier alpha value is -1.62. The van der Waals surface area contributed by atoms with Crippen LogP contribution in [0.3, 0.4) is 0 Å². The van der Waals surface area contributed by atoms with Gasteiger partial charge in [-0.1, -0.05) is 6.07 Å². The summed E-state index contributed by atoms with van der Waals surface area (Å²) in [7, 11) is -3.86. The Morgan fingerprint density at radius 3 is 2.75 bits per heavy atom. The predicted molar refractivity (Wildman–Crippen MR) is 81.1 cm³/mol. The lowest BCUT2D eigenvalue weighted by Gasteiger charge is -2.00. The lowest BCUT2D eigenvalue weighted by molar-refractivity contribution is 0.600.